The Bertz CT molecular complexity index is 369. The highest BCUT2D eigenvalue weighted by Gasteiger charge is 2.14. The molecule has 1 aromatic rings. The molecular weight excluding hydrogens is 232 g/mol. The first-order valence-corrected chi connectivity index (χ1v) is 6.35. The molecule has 96 valence electrons. The maximum absolute atomic E-state index is 6.26. The van der Waals surface area contributed by atoms with Gasteiger partial charge in [-0.2, -0.15) is 0 Å². The highest BCUT2D eigenvalue weighted by Crippen LogP contribution is 2.25. The quantitative estimate of drug-likeness (QED) is 0.884. The van der Waals surface area contributed by atoms with Gasteiger partial charge in [0, 0.05) is 30.8 Å². The number of hydrogen-bond donors (Lipinski definition) is 1. The summed E-state index contributed by atoms with van der Waals surface area (Å²) in [5, 5.41) is 3.94. The van der Waals surface area contributed by atoms with Crippen LogP contribution in [0.25, 0.3) is 0 Å². The van der Waals surface area contributed by atoms with Crippen molar-refractivity contribution in [2.75, 3.05) is 25.5 Å². The minimum absolute atomic E-state index is 0.283. The Morgan fingerprint density at radius 2 is 1.94 bits per heavy atom. The molecule has 2 nitrogen and oxygen atoms in total. The van der Waals surface area contributed by atoms with E-state index in [0.717, 1.165) is 23.7 Å². The Hall–Kier alpha value is -0.730. The lowest BCUT2D eigenvalue weighted by molar-refractivity contribution is 0.419. The molecule has 0 fully saturated rings. The second kappa shape index (κ2) is 5.74. The van der Waals surface area contributed by atoms with Gasteiger partial charge in [0.15, 0.2) is 0 Å². The summed E-state index contributed by atoms with van der Waals surface area (Å²) in [5.41, 5.74) is 2.59. The predicted octanol–water partition coefficient (Wildman–Crippen LogP) is 3.54. The lowest BCUT2D eigenvalue weighted by Crippen LogP contribution is -2.29. The first-order valence-electron chi connectivity index (χ1n) is 5.97. The van der Waals surface area contributed by atoms with Gasteiger partial charge in [0.2, 0.25) is 0 Å². The third-order valence-electron chi connectivity index (χ3n) is 2.56. The summed E-state index contributed by atoms with van der Waals surface area (Å²) in [5.74, 6) is 0. The zero-order valence-electron chi connectivity index (χ0n) is 11.5. The van der Waals surface area contributed by atoms with Crippen LogP contribution in [0, 0.1) is 5.41 Å². The lowest BCUT2D eigenvalue weighted by atomic mass is 9.96. The second-order valence-electron chi connectivity index (χ2n) is 5.72. The molecule has 1 N–H and O–H groups in total. The molecule has 0 aliphatic rings. The molecule has 1 rings (SSSR count). The lowest BCUT2D eigenvalue weighted by Gasteiger charge is -2.28. The third kappa shape index (κ3) is 4.57. The van der Waals surface area contributed by atoms with E-state index in [-0.39, 0.29) is 5.41 Å². The first-order chi connectivity index (χ1) is 7.83. The molecule has 0 atom stereocenters. The predicted molar refractivity (Wildman–Crippen MR) is 76.9 cm³/mol. The largest absolute Gasteiger partial charge is 0.374 e. The van der Waals surface area contributed by atoms with Crippen molar-refractivity contribution in [3.63, 3.8) is 0 Å². The highest BCUT2D eigenvalue weighted by atomic mass is 35.5. The summed E-state index contributed by atoms with van der Waals surface area (Å²) in [6.45, 7) is 8.53. The summed E-state index contributed by atoms with van der Waals surface area (Å²) in [6.07, 6.45) is 0. The summed E-state index contributed by atoms with van der Waals surface area (Å²) >= 11 is 6.26. The van der Waals surface area contributed by atoms with Crippen LogP contribution in [0.4, 0.5) is 5.69 Å². The molecule has 0 aliphatic carbocycles. The van der Waals surface area contributed by atoms with Gasteiger partial charge in [-0.25, -0.2) is 0 Å². The average molecular weight is 255 g/mol. The van der Waals surface area contributed by atoms with E-state index < -0.39 is 0 Å². The van der Waals surface area contributed by atoms with Crippen molar-refractivity contribution in [2.24, 2.45) is 5.41 Å². The van der Waals surface area contributed by atoms with Gasteiger partial charge >= 0.3 is 0 Å². The minimum atomic E-state index is 0.283. The van der Waals surface area contributed by atoms with Gasteiger partial charge in [-0.15, -0.1) is 0 Å². The Balaban J connectivity index is 2.82. The highest BCUT2D eigenvalue weighted by molar-refractivity contribution is 6.31. The normalized spacial score (nSPS) is 11.6. The summed E-state index contributed by atoms with van der Waals surface area (Å²) in [4.78, 5) is 2.25. The second-order valence-corrected chi connectivity index (χ2v) is 6.13. The Kier molecular flexibility index (Phi) is 4.84. The van der Waals surface area contributed by atoms with E-state index in [0.29, 0.717) is 0 Å². The molecule has 0 amide bonds. The number of anilines is 1. The number of halogens is 1. The molecule has 0 saturated carbocycles. The smallest absolute Gasteiger partial charge is 0.0471 e. The number of nitrogens with zero attached hydrogens (tertiary/aromatic N) is 1. The van der Waals surface area contributed by atoms with E-state index in [1.807, 2.05) is 13.1 Å². The van der Waals surface area contributed by atoms with Crippen molar-refractivity contribution in [3.05, 3.63) is 28.8 Å². The van der Waals surface area contributed by atoms with Gasteiger partial charge in [0.25, 0.3) is 0 Å². The average Bonchev–Trinajstić information content (AvgIpc) is 2.18. The van der Waals surface area contributed by atoms with E-state index in [2.05, 4.69) is 50.2 Å². The van der Waals surface area contributed by atoms with Gasteiger partial charge in [-0.1, -0.05) is 38.4 Å². The SMILES string of the molecule is CNCc1ccc(N(C)CC(C)(C)C)cc1Cl. The van der Waals surface area contributed by atoms with Crippen LogP contribution in [0.5, 0.6) is 0 Å². The third-order valence-corrected chi connectivity index (χ3v) is 2.91. The molecule has 17 heavy (non-hydrogen) atoms. The van der Waals surface area contributed by atoms with Crippen LogP contribution < -0.4 is 10.2 Å². The summed E-state index contributed by atoms with van der Waals surface area (Å²) < 4.78 is 0. The zero-order chi connectivity index (χ0) is 13.1. The number of nitrogens with one attached hydrogen (secondary N) is 1. The molecule has 0 heterocycles. The van der Waals surface area contributed by atoms with Gasteiger partial charge in [0.05, 0.1) is 0 Å². The van der Waals surface area contributed by atoms with Gasteiger partial charge < -0.3 is 10.2 Å². The van der Waals surface area contributed by atoms with Crippen LogP contribution in [-0.2, 0) is 6.54 Å². The van der Waals surface area contributed by atoms with Gasteiger partial charge in [0.1, 0.15) is 0 Å². The molecule has 0 radical (unpaired) electrons. The van der Waals surface area contributed by atoms with E-state index >= 15 is 0 Å². The van der Waals surface area contributed by atoms with Gasteiger partial charge in [-0.3, -0.25) is 0 Å². The van der Waals surface area contributed by atoms with Crippen LogP contribution in [-0.4, -0.2) is 20.6 Å². The molecule has 0 saturated heterocycles. The van der Waals surface area contributed by atoms with Crippen LogP contribution in [0.2, 0.25) is 5.02 Å². The topological polar surface area (TPSA) is 15.3 Å². The van der Waals surface area contributed by atoms with Crippen molar-refractivity contribution in [2.45, 2.75) is 27.3 Å². The van der Waals surface area contributed by atoms with Crippen molar-refractivity contribution >= 4 is 17.3 Å². The fourth-order valence-corrected chi connectivity index (χ4v) is 2.15. The van der Waals surface area contributed by atoms with Crippen LogP contribution in [0.3, 0.4) is 0 Å². The Morgan fingerprint density at radius 3 is 2.41 bits per heavy atom. The Morgan fingerprint density at radius 1 is 1.29 bits per heavy atom. The number of benzene rings is 1. The molecule has 0 unspecified atom stereocenters. The maximum atomic E-state index is 6.26. The van der Waals surface area contributed by atoms with E-state index in [4.69, 9.17) is 11.6 Å². The van der Waals surface area contributed by atoms with Gasteiger partial charge in [-0.05, 0) is 30.2 Å². The van der Waals surface area contributed by atoms with E-state index in [9.17, 15) is 0 Å². The van der Waals surface area contributed by atoms with Crippen LogP contribution in [0.15, 0.2) is 18.2 Å². The van der Waals surface area contributed by atoms with Crippen molar-refractivity contribution < 1.29 is 0 Å². The standard InChI is InChI=1S/C14H23ClN2/c1-14(2,3)10-17(5)12-7-6-11(9-16-4)13(15)8-12/h6-8,16H,9-10H2,1-5H3. The minimum Gasteiger partial charge on any atom is -0.374 e. The van der Waals surface area contributed by atoms with Crippen molar-refractivity contribution in [1.29, 1.82) is 0 Å². The molecule has 0 aliphatic heterocycles. The van der Waals surface area contributed by atoms with Crippen LogP contribution >= 0.6 is 11.6 Å². The van der Waals surface area contributed by atoms with Crippen molar-refractivity contribution in [1.82, 2.24) is 5.32 Å². The fourth-order valence-electron chi connectivity index (χ4n) is 1.91. The molecule has 0 spiro atoms. The van der Waals surface area contributed by atoms with E-state index in [1.165, 1.54) is 5.69 Å². The molecule has 3 heteroatoms. The first kappa shape index (κ1) is 14.3. The Labute approximate surface area is 110 Å². The molecule has 0 aromatic heterocycles. The molecule has 1 aromatic carbocycles. The number of hydrogen-bond acceptors (Lipinski definition) is 2. The number of rotatable bonds is 4. The van der Waals surface area contributed by atoms with Crippen molar-refractivity contribution in [3.8, 4) is 0 Å². The van der Waals surface area contributed by atoms with Crippen LogP contribution in [0.1, 0.15) is 26.3 Å². The summed E-state index contributed by atoms with van der Waals surface area (Å²) in [6, 6.07) is 6.26. The monoisotopic (exact) mass is 254 g/mol. The zero-order valence-corrected chi connectivity index (χ0v) is 12.2. The summed E-state index contributed by atoms with van der Waals surface area (Å²) in [7, 11) is 4.03. The van der Waals surface area contributed by atoms with E-state index in [1.54, 1.807) is 0 Å². The maximum Gasteiger partial charge on any atom is 0.0471 e. The molecular formula is C14H23ClN2. The molecule has 0 bridgehead atoms. The fraction of sp³-hybridized carbons (Fsp3) is 0.571.